The van der Waals surface area contributed by atoms with Crippen molar-refractivity contribution in [3.63, 3.8) is 0 Å². The van der Waals surface area contributed by atoms with E-state index >= 15 is 0 Å². The summed E-state index contributed by atoms with van der Waals surface area (Å²) in [4.78, 5) is 6.57. The van der Waals surface area contributed by atoms with Crippen LogP contribution in [-0.4, -0.2) is 44.6 Å². The number of hydrogen-bond acceptors (Lipinski definition) is 6. The first-order valence-corrected chi connectivity index (χ1v) is 8.96. The number of aryl methyl sites for hydroxylation is 2. The standard InChI is InChI=1S/C19H22FN5O2/c1-12-19(13(2)25(22-12)16-7-5-4-6-15(16)20)17-11-26-9-8-24(17)10-18-21-14(3)27-23-18/h4-7,17H,8-11H2,1-3H3/t17-/m0/s1. The zero-order valence-corrected chi connectivity index (χ0v) is 15.6. The van der Waals surface area contributed by atoms with Gasteiger partial charge in [-0.15, -0.1) is 0 Å². The number of aromatic nitrogens is 4. The third-order valence-corrected chi connectivity index (χ3v) is 4.91. The van der Waals surface area contributed by atoms with E-state index in [1.807, 2.05) is 19.9 Å². The molecule has 0 radical (unpaired) electrons. The number of hydrogen-bond donors (Lipinski definition) is 0. The summed E-state index contributed by atoms with van der Waals surface area (Å²) in [6, 6.07) is 6.66. The first-order valence-electron chi connectivity index (χ1n) is 8.96. The second-order valence-electron chi connectivity index (χ2n) is 6.74. The van der Waals surface area contributed by atoms with Gasteiger partial charge < -0.3 is 9.26 Å². The van der Waals surface area contributed by atoms with Crippen LogP contribution in [0.1, 0.15) is 34.7 Å². The molecule has 0 saturated carbocycles. The van der Waals surface area contributed by atoms with Crippen molar-refractivity contribution in [2.75, 3.05) is 19.8 Å². The van der Waals surface area contributed by atoms with Crippen LogP contribution in [0.5, 0.6) is 0 Å². The van der Waals surface area contributed by atoms with Gasteiger partial charge in [0.2, 0.25) is 5.89 Å². The van der Waals surface area contributed by atoms with E-state index in [1.54, 1.807) is 23.7 Å². The third-order valence-electron chi connectivity index (χ3n) is 4.91. The predicted molar refractivity (Wildman–Crippen MR) is 96.0 cm³/mol. The summed E-state index contributed by atoms with van der Waals surface area (Å²) in [6.45, 7) is 8.20. The summed E-state index contributed by atoms with van der Waals surface area (Å²) in [5.74, 6) is 0.902. The number of halogens is 1. The van der Waals surface area contributed by atoms with E-state index < -0.39 is 0 Å². The molecule has 1 aromatic carbocycles. The fourth-order valence-corrected chi connectivity index (χ4v) is 3.68. The van der Waals surface area contributed by atoms with E-state index in [9.17, 15) is 4.39 Å². The minimum atomic E-state index is -0.298. The predicted octanol–water partition coefficient (Wildman–Crippen LogP) is 2.89. The molecule has 0 unspecified atom stereocenters. The Morgan fingerprint density at radius 2 is 2.04 bits per heavy atom. The van der Waals surface area contributed by atoms with Gasteiger partial charge in [0.1, 0.15) is 11.5 Å². The highest BCUT2D eigenvalue weighted by molar-refractivity contribution is 5.39. The van der Waals surface area contributed by atoms with E-state index in [4.69, 9.17) is 9.26 Å². The van der Waals surface area contributed by atoms with Crippen LogP contribution < -0.4 is 0 Å². The van der Waals surface area contributed by atoms with Crippen molar-refractivity contribution >= 4 is 0 Å². The molecule has 1 atom stereocenters. The Kier molecular flexibility index (Phi) is 4.75. The first kappa shape index (κ1) is 17.8. The fraction of sp³-hybridized carbons (Fsp3) is 0.421. The molecule has 8 heteroatoms. The Balaban J connectivity index is 1.69. The van der Waals surface area contributed by atoms with Crippen LogP contribution in [0.15, 0.2) is 28.8 Å². The normalized spacial score (nSPS) is 18.1. The van der Waals surface area contributed by atoms with Crippen LogP contribution >= 0.6 is 0 Å². The molecule has 3 heterocycles. The van der Waals surface area contributed by atoms with Gasteiger partial charge in [0.25, 0.3) is 0 Å². The third kappa shape index (κ3) is 3.38. The van der Waals surface area contributed by atoms with E-state index in [2.05, 4.69) is 20.1 Å². The van der Waals surface area contributed by atoms with Gasteiger partial charge in [-0.3, -0.25) is 4.90 Å². The Labute approximate surface area is 156 Å². The van der Waals surface area contributed by atoms with E-state index in [0.29, 0.717) is 37.2 Å². The Bertz CT molecular complexity index is 951. The first-order chi connectivity index (χ1) is 13.0. The van der Waals surface area contributed by atoms with Gasteiger partial charge in [-0.05, 0) is 26.0 Å². The van der Waals surface area contributed by atoms with Crippen molar-refractivity contribution < 1.29 is 13.7 Å². The number of morpholine rings is 1. The van der Waals surface area contributed by atoms with Gasteiger partial charge in [0, 0.05) is 24.7 Å². The molecule has 0 N–H and O–H groups in total. The second-order valence-corrected chi connectivity index (χ2v) is 6.74. The summed E-state index contributed by atoms with van der Waals surface area (Å²) >= 11 is 0. The molecule has 7 nitrogen and oxygen atoms in total. The van der Waals surface area contributed by atoms with Crippen molar-refractivity contribution in [1.82, 2.24) is 24.8 Å². The largest absolute Gasteiger partial charge is 0.378 e. The number of ether oxygens (including phenoxy) is 1. The molecular weight excluding hydrogens is 349 g/mol. The average molecular weight is 371 g/mol. The summed E-state index contributed by atoms with van der Waals surface area (Å²) in [5, 5.41) is 8.61. The van der Waals surface area contributed by atoms with Gasteiger partial charge in [-0.2, -0.15) is 10.1 Å². The molecule has 2 aromatic heterocycles. The maximum absolute atomic E-state index is 14.3. The molecule has 1 saturated heterocycles. The lowest BCUT2D eigenvalue weighted by molar-refractivity contribution is -0.0145. The van der Waals surface area contributed by atoms with Crippen LogP contribution in [0.25, 0.3) is 5.69 Å². The number of rotatable bonds is 4. The molecule has 4 rings (SSSR count). The van der Waals surface area contributed by atoms with Crippen molar-refractivity contribution in [3.05, 3.63) is 58.7 Å². The average Bonchev–Trinajstić information content (AvgIpc) is 3.19. The summed E-state index contributed by atoms with van der Waals surface area (Å²) < 4.78 is 26.8. The van der Waals surface area contributed by atoms with Crippen LogP contribution in [0, 0.1) is 26.6 Å². The molecule has 1 aliphatic heterocycles. The molecular formula is C19H22FN5O2. The highest BCUT2D eigenvalue weighted by Gasteiger charge is 2.31. The van der Waals surface area contributed by atoms with Crippen molar-refractivity contribution in [3.8, 4) is 5.69 Å². The lowest BCUT2D eigenvalue weighted by atomic mass is 10.0. The zero-order chi connectivity index (χ0) is 19.0. The molecule has 0 bridgehead atoms. The van der Waals surface area contributed by atoms with Crippen LogP contribution in [0.3, 0.4) is 0 Å². The molecule has 1 aliphatic rings. The van der Waals surface area contributed by atoms with Gasteiger partial charge in [-0.25, -0.2) is 9.07 Å². The SMILES string of the molecule is Cc1nc(CN2CCOC[C@H]2c2c(C)nn(-c3ccccc3F)c2C)no1. The lowest BCUT2D eigenvalue weighted by Gasteiger charge is -2.35. The van der Waals surface area contributed by atoms with Gasteiger partial charge >= 0.3 is 0 Å². The molecule has 3 aromatic rings. The van der Waals surface area contributed by atoms with Crippen LogP contribution in [0.2, 0.25) is 0 Å². The Hall–Kier alpha value is -2.58. The van der Waals surface area contributed by atoms with Crippen molar-refractivity contribution in [2.24, 2.45) is 0 Å². The van der Waals surface area contributed by atoms with E-state index in [-0.39, 0.29) is 11.9 Å². The highest BCUT2D eigenvalue weighted by atomic mass is 19.1. The summed E-state index contributed by atoms with van der Waals surface area (Å²) in [7, 11) is 0. The highest BCUT2D eigenvalue weighted by Crippen LogP contribution is 2.31. The summed E-state index contributed by atoms with van der Waals surface area (Å²) in [5.41, 5.74) is 3.27. The number of benzene rings is 1. The topological polar surface area (TPSA) is 69.2 Å². The van der Waals surface area contributed by atoms with Crippen LogP contribution in [-0.2, 0) is 11.3 Å². The maximum Gasteiger partial charge on any atom is 0.223 e. The van der Waals surface area contributed by atoms with Crippen molar-refractivity contribution in [1.29, 1.82) is 0 Å². The van der Waals surface area contributed by atoms with E-state index in [0.717, 1.165) is 23.5 Å². The molecule has 142 valence electrons. The number of nitrogens with zero attached hydrogens (tertiary/aromatic N) is 5. The minimum Gasteiger partial charge on any atom is -0.378 e. The van der Waals surface area contributed by atoms with Crippen LogP contribution in [0.4, 0.5) is 4.39 Å². The lowest BCUT2D eigenvalue weighted by Crippen LogP contribution is -2.39. The zero-order valence-electron chi connectivity index (χ0n) is 15.6. The smallest absolute Gasteiger partial charge is 0.223 e. The minimum absolute atomic E-state index is 0.00178. The monoisotopic (exact) mass is 371 g/mol. The van der Waals surface area contributed by atoms with Gasteiger partial charge in [0.05, 0.1) is 31.5 Å². The molecule has 0 aliphatic carbocycles. The van der Waals surface area contributed by atoms with Crippen molar-refractivity contribution in [2.45, 2.75) is 33.4 Å². The molecule has 0 amide bonds. The quantitative estimate of drug-likeness (QED) is 0.702. The fourth-order valence-electron chi connectivity index (χ4n) is 3.68. The second kappa shape index (κ2) is 7.21. The Morgan fingerprint density at radius 3 is 2.78 bits per heavy atom. The Morgan fingerprint density at radius 1 is 1.22 bits per heavy atom. The van der Waals surface area contributed by atoms with Gasteiger partial charge in [0.15, 0.2) is 5.82 Å². The van der Waals surface area contributed by atoms with Gasteiger partial charge in [-0.1, -0.05) is 17.3 Å². The molecule has 0 spiro atoms. The number of para-hydroxylation sites is 1. The molecule has 1 fully saturated rings. The summed E-state index contributed by atoms with van der Waals surface area (Å²) in [6.07, 6.45) is 0. The maximum atomic E-state index is 14.3. The molecule has 27 heavy (non-hydrogen) atoms. The van der Waals surface area contributed by atoms with E-state index in [1.165, 1.54) is 6.07 Å².